The maximum Gasteiger partial charge on any atom is 0.289 e. The molecule has 2 aliphatic rings. The summed E-state index contributed by atoms with van der Waals surface area (Å²) in [4.78, 5) is 44.1. The van der Waals surface area contributed by atoms with Crippen LogP contribution in [0.5, 0.6) is 11.5 Å². The van der Waals surface area contributed by atoms with E-state index in [4.69, 9.17) is 9.47 Å². The Bertz CT molecular complexity index is 1550. The molecule has 41 heavy (non-hydrogen) atoms. The predicted octanol–water partition coefficient (Wildman–Crippen LogP) is 1.40. The number of fused-ring (bicyclic) bond motifs is 2. The van der Waals surface area contributed by atoms with E-state index in [9.17, 15) is 22.8 Å². The van der Waals surface area contributed by atoms with Gasteiger partial charge in [-0.1, -0.05) is 43.3 Å². The highest BCUT2D eigenvalue weighted by Crippen LogP contribution is 2.39. The van der Waals surface area contributed by atoms with Gasteiger partial charge in [0.1, 0.15) is 25.3 Å². The second-order valence-corrected chi connectivity index (χ2v) is 11.5. The first-order valence-corrected chi connectivity index (χ1v) is 14.7. The van der Waals surface area contributed by atoms with E-state index in [0.29, 0.717) is 36.0 Å². The number of rotatable bonds is 9. The lowest BCUT2D eigenvalue weighted by atomic mass is 9.99. The first-order chi connectivity index (χ1) is 19.8. The fourth-order valence-corrected chi connectivity index (χ4v) is 6.80. The minimum absolute atomic E-state index is 0.0240. The lowest BCUT2D eigenvalue weighted by Crippen LogP contribution is -2.57. The Balaban J connectivity index is 1.39. The lowest BCUT2D eigenvalue weighted by molar-refractivity contribution is -0.140. The number of nitrogens with zero attached hydrogens (tertiary/aromatic N) is 2. The maximum atomic E-state index is 13.7. The number of likely N-dealkylation sites (N-methyl/N-ethyl adjacent to an activating group) is 1. The van der Waals surface area contributed by atoms with Gasteiger partial charge in [0.05, 0.1) is 17.1 Å². The molecule has 3 aromatic rings. The number of hydrogen-bond acceptors (Lipinski definition) is 8. The molecule has 2 N–H and O–H groups in total. The number of hydrogen-bond donors (Lipinski definition) is 2. The van der Waals surface area contributed by atoms with Crippen molar-refractivity contribution in [2.75, 3.05) is 19.8 Å². The van der Waals surface area contributed by atoms with Gasteiger partial charge in [-0.15, -0.1) is 0 Å². The van der Waals surface area contributed by atoms with E-state index in [2.05, 4.69) is 15.6 Å². The van der Waals surface area contributed by atoms with Gasteiger partial charge >= 0.3 is 0 Å². The molecule has 0 saturated carbocycles. The molecule has 11 nitrogen and oxygen atoms in total. The Kier molecular flexibility index (Phi) is 8.31. The topological polar surface area (TPSA) is 144 Å². The van der Waals surface area contributed by atoms with Crippen LogP contribution in [-0.2, 0) is 43.8 Å². The van der Waals surface area contributed by atoms with Gasteiger partial charge in [-0.05, 0) is 35.7 Å². The van der Waals surface area contributed by atoms with Crippen LogP contribution in [0.1, 0.15) is 23.7 Å². The highest BCUT2D eigenvalue weighted by atomic mass is 32.2. The number of ketones is 1. The van der Waals surface area contributed by atoms with Crippen molar-refractivity contribution in [1.82, 2.24) is 19.9 Å². The quantitative estimate of drug-likeness (QED) is 0.363. The third kappa shape index (κ3) is 6.08. The highest BCUT2D eigenvalue weighted by molar-refractivity contribution is 7.89. The molecule has 0 aliphatic carbocycles. The number of Topliss-reactive ketones (excluding diaryl/α,β-unsaturated/α-hetero) is 1. The van der Waals surface area contributed by atoms with Crippen LogP contribution in [0.3, 0.4) is 0 Å². The number of nitrogens with one attached hydrogen (secondary N) is 2. The predicted molar refractivity (Wildman–Crippen MR) is 148 cm³/mol. The van der Waals surface area contributed by atoms with Crippen molar-refractivity contribution in [3.63, 3.8) is 0 Å². The zero-order chi connectivity index (χ0) is 29.0. The summed E-state index contributed by atoms with van der Waals surface area (Å²) >= 11 is 0. The summed E-state index contributed by atoms with van der Waals surface area (Å²) < 4.78 is 39.5. The standard InChI is InChI=1S/C29H30N4O7S/c1-2-33-23(15-20-16-24-25(40-13-12-39-24)17-26(20)41(33,37)38)28(35)32-22(14-19-8-4-3-5-9-19)27(34)29(36)31-18-21-10-6-7-11-30-21/h3-11,16-17,22-23H,2,12-15,18H2,1H3,(H,31,36)(H,32,35)/t22-,23?/m0/s1. The van der Waals surface area contributed by atoms with Crippen molar-refractivity contribution >= 4 is 27.6 Å². The summed E-state index contributed by atoms with van der Waals surface area (Å²) in [5.74, 6) is -1.66. The molecule has 0 radical (unpaired) electrons. The molecule has 1 unspecified atom stereocenters. The van der Waals surface area contributed by atoms with Crippen molar-refractivity contribution in [3.8, 4) is 11.5 Å². The Morgan fingerprint density at radius 3 is 2.41 bits per heavy atom. The van der Waals surface area contributed by atoms with E-state index < -0.39 is 39.7 Å². The van der Waals surface area contributed by atoms with Crippen LogP contribution in [0.25, 0.3) is 0 Å². The molecule has 2 aliphatic heterocycles. The number of carbonyl (C=O) groups excluding carboxylic acids is 3. The van der Waals surface area contributed by atoms with Crippen molar-refractivity contribution in [2.45, 2.75) is 43.3 Å². The molecule has 0 bridgehead atoms. The van der Waals surface area contributed by atoms with Crippen molar-refractivity contribution in [3.05, 3.63) is 83.7 Å². The number of benzene rings is 2. The van der Waals surface area contributed by atoms with Gasteiger partial charge in [0.25, 0.3) is 5.91 Å². The molecule has 0 saturated heterocycles. The van der Waals surface area contributed by atoms with Crippen LogP contribution in [-0.4, -0.2) is 67.1 Å². The third-order valence-electron chi connectivity index (χ3n) is 6.98. The number of amides is 2. The molecule has 214 valence electrons. The second kappa shape index (κ2) is 12.1. The number of pyridine rings is 1. The van der Waals surface area contributed by atoms with Gasteiger partial charge in [-0.25, -0.2) is 8.42 Å². The molecule has 5 rings (SSSR count). The van der Waals surface area contributed by atoms with Gasteiger partial charge in [-0.3, -0.25) is 19.4 Å². The molecule has 3 heterocycles. The van der Waals surface area contributed by atoms with E-state index in [1.54, 1.807) is 61.7 Å². The van der Waals surface area contributed by atoms with Crippen LogP contribution < -0.4 is 20.1 Å². The summed E-state index contributed by atoms with van der Waals surface area (Å²) in [5, 5.41) is 5.24. The van der Waals surface area contributed by atoms with Gasteiger partial charge in [-0.2, -0.15) is 4.31 Å². The SMILES string of the molecule is CCN1C(C(=O)N[C@@H](Cc2ccccc2)C(=O)C(=O)NCc2ccccn2)Cc2cc3c(cc2S1(=O)=O)OCCO3. The van der Waals surface area contributed by atoms with E-state index in [-0.39, 0.29) is 30.8 Å². The molecule has 1 aromatic heterocycles. The molecule has 12 heteroatoms. The Morgan fingerprint density at radius 2 is 1.73 bits per heavy atom. The summed E-state index contributed by atoms with van der Waals surface area (Å²) in [6.45, 7) is 2.33. The summed E-state index contributed by atoms with van der Waals surface area (Å²) in [5.41, 5.74) is 1.71. The smallest absolute Gasteiger partial charge is 0.289 e. The van der Waals surface area contributed by atoms with Crippen molar-refractivity contribution < 1.29 is 32.3 Å². The van der Waals surface area contributed by atoms with Crippen molar-refractivity contribution in [2.24, 2.45) is 0 Å². The zero-order valence-electron chi connectivity index (χ0n) is 22.4. The van der Waals surface area contributed by atoms with Crippen LogP contribution >= 0.6 is 0 Å². The van der Waals surface area contributed by atoms with E-state index in [0.717, 1.165) is 9.87 Å². The van der Waals surface area contributed by atoms with Gasteiger partial charge in [0, 0.05) is 25.2 Å². The summed E-state index contributed by atoms with van der Waals surface area (Å²) in [6, 6.07) is 14.8. The number of sulfonamides is 1. The fraction of sp³-hybridized carbons (Fsp3) is 0.310. The minimum atomic E-state index is -4.07. The first kappa shape index (κ1) is 28.2. The first-order valence-electron chi connectivity index (χ1n) is 13.3. The number of carbonyl (C=O) groups is 3. The average molecular weight is 579 g/mol. The molecule has 0 spiro atoms. The average Bonchev–Trinajstić information content (AvgIpc) is 2.99. The third-order valence-corrected chi connectivity index (χ3v) is 9.05. The monoisotopic (exact) mass is 578 g/mol. The highest BCUT2D eigenvalue weighted by Gasteiger charge is 2.43. The van der Waals surface area contributed by atoms with Gasteiger partial charge in [0.2, 0.25) is 21.7 Å². The summed E-state index contributed by atoms with van der Waals surface area (Å²) in [7, 11) is -4.07. The molecule has 2 atom stereocenters. The molecule has 2 amide bonds. The normalized spacial score (nSPS) is 18.0. The lowest BCUT2D eigenvalue weighted by Gasteiger charge is -2.35. The van der Waals surface area contributed by atoms with Crippen LogP contribution in [0.2, 0.25) is 0 Å². The van der Waals surface area contributed by atoms with Crippen LogP contribution in [0.15, 0.2) is 71.8 Å². The Morgan fingerprint density at radius 1 is 1.02 bits per heavy atom. The number of ether oxygens (including phenoxy) is 2. The molecule has 0 fully saturated rings. The number of aromatic nitrogens is 1. The van der Waals surface area contributed by atoms with E-state index in [1.165, 1.54) is 6.07 Å². The van der Waals surface area contributed by atoms with Crippen LogP contribution in [0.4, 0.5) is 0 Å². The molecule has 2 aromatic carbocycles. The molecular weight excluding hydrogens is 548 g/mol. The van der Waals surface area contributed by atoms with Gasteiger partial charge in [0.15, 0.2) is 11.5 Å². The van der Waals surface area contributed by atoms with Crippen molar-refractivity contribution in [1.29, 1.82) is 0 Å². The fourth-order valence-electron chi connectivity index (χ4n) is 4.98. The molecular formula is C29H30N4O7S. The van der Waals surface area contributed by atoms with E-state index in [1.807, 2.05) is 6.07 Å². The van der Waals surface area contributed by atoms with Crippen LogP contribution in [0, 0.1) is 0 Å². The largest absolute Gasteiger partial charge is 0.486 e. The van der Waals surface area contributed by atoms with Gasteiger partial charge < -0.3 is 20.1 Å². The van der Waals surface area contributed by atoms with E-state index >= 15 is 0 Å². The Labute approximate surface area is 237 Å². The minimum Gasteiger partial charge on any atom is -0.486 e. The second-order valence-electron chi connectivity index (χ2n) is 9.65. The Hall–Kier alpha value is -4.29. The zero-order valence-corrected chi connectivity index (χ0v) is 23.2. The maximum absolute atomic E-state index is 13.7. The summed E-state index contributed by atoms with van der Waals surface area (Å²) in [6.07, 6.45) is 1.68.